The first-order chi connectivity index (χ1) is 15.2. The molecule has 0 bridgehead atoms. The normalized spacial score (nSPS) is 13.6. The Bertz CT molecular complexity index is 1070. The smallest absolute Gasteiger partial charge is 0.120 e. The third-order valence-corrected chi connectivity index (χ3v) is 6.29. The maximum Gasteiger partial charge on any atom is 0.120 e. The van der Waals surface area contributed by atoms with Gasteiger partial charge < -0.3 is 5.11 Å². The van der Waals surface area contributed by atoms with E-state index in [1.807, 2.05) is 0 Å². The van der Waals surface area contributed by atoms with Crippen LogP contribution in [0.5, 0.6) is 0 Å². The zero-order valence-corrected chi connectivity index (χ0v) is 20.7. The van der Waals surface area contributed by atoms with Crippen molar-refractivity contribution in [2.24, 2.45) is 5.92 Å². The van der Waals surface area contributed by atoms with Gasteiger partial charge in [-0.25, -0.2) is 0 Å². The predicted molar refractivity (Wildman–Crippen MR) is 137 cm³/mol. The van der Waals surface area contributed by atoms with Crippen molar-refractivity contribution in [3.05, 3.63) is 58.7 Å². The molecule has 0 unspecified atom stereocenters. The van der Waals surface area contributed by atoms with Crippen LogP contribution in [0.2, 0.25) is 0 Å². The second-order valence-corrected chi connectivity index (χ2v) is 10.0. The average molecular weight is 427 g/mol. The fraction of sp³-hybridized carbons (Fsp3) is 0.484. The van der Waals surface area contributed by atoms with E-state index in [9.17, 15) is 5.11 Å². The van der Waals surface area contributed by atoms with E-state index in [1.54, 1.807) is 13.8 Å². The monoisotopic (exact) mass is 426 g/mol. The minimum absolute atomic E-state index is 0.0125. The molecule has 1 heteroatoms. The van der Waals surface area contributed by atoms with Crippen molar-refractivity contribution in [2.75, 3.05) is 0 Å². The van der Waals surface area contributed by atoms with Crippen LogP contribution in [0.15, 0.2) is 36.4 Å². The lowest BCUT2D eigenvalue weighted by molar-refractivity contribution is 0.143. The molecule has 1 aliphatic carbocycles. The average Bonchev–Trinajstić information content (AvgIpc) is 3.02. The maximum absolute atomic E-state index is 10.1. The largest absolute Gasteiger partial charge is 0.378 e. The van der Waals surface area contributed by atoms with E-state index in [0.717, 1.165) is 24.0 Å². The Morgan fingerprint density at radius 2 is 1.34 bits per heavy atom. The fourth-order valence-electron chi connectivity index (χ4n) is 4.72. The summed E-state index contributed by atoms with van der Waals surface area (Å²) in [6, 6.07) is 13.4. The fourth-order valence-corrected chi connectivity index (χ4v) is 4.72. The first kappa shape index (κ1) is 24.2. The summed E-state index contributed by atoms with van der Waals surface area (Å²) in [5, 5.41) is 10.1. The van der Waals surface area contributed by atoms with E-state index in [2.05, 4.69) is 87.8 Å². The summed E-state index contributed by atoms with van der Waals surface area (Å²) in [4.78, 5) is 0. The molecule has 168 valence electrons. The van der Waals surface area contributed by atoms with Crippen LogP contribution in [0.4, 0.5) is 0 Å². The summed E-state index contributed by atoms with van der Waals surface area (Å²) in [6.07, 6.45) is 7.06. The quantitative estimate of drug-likeness (QED) is 0.475. The molecule has 1 N–H and O–H groups in total. The highest BCUT2D eigenvalue weighted by atomic mass is 16.3. The molecule has 2 aromatic rings. The SMILES string of the molecule is CCCCC1(CCCC)c2cc(C#CC(C)C)ccc2-c2ccc(C#CC(C)(C)O)cc21. The Morgan fingerprint density at radius 1 is 0.844 bits per heavy atom. The molecule has 2 aromatic carbocycles. The van der Waals surface area contributed by atoms with Crippen molar-refractivity contribution >= 4 is 0 Å². The van der Waals surface area contributed by atoms with Crippen LogP contribution in [0, 0.1) is 29.6 Å². The van der Waals surface area contributed by atoms with Crippen molar-refractivity contribution < 1.29 is 5.11 Å². The van der Waals surface area contributed by atoms with Gasteiger partial charge in [0.25, 0.3) is 0 Å². The van der Waals surface area contributed by atoms with E-state index in [4.69, 9.17) is 0 Å². The molecule has 0 saturated heterocycles. The summed E-state index contributed by atoms with van der Waals surface area (Å²) in [5.41, 5.74) is 6.66. The molecule has 0 aromatic heterocycles. The number of benzene rings is 2. The number of hydrogen-bond donors (Lipinski definition) is 1. The molecule has 0 atom stereocenters. The minimum Gasteiger partial charge on any atom is -0.378 e. The number of fused-ring (bicyclic) bond motifs is 3. The second kappa shape index (κ2) is 9.98. The Labute approximate surface area is 195 Å². The molecular weight excluding hydrogens is 388 g/mol. The van der Waals surface area contributed by atoms with Crippen LogP contribution < -0.4 is 0 Å². The molecule has 0 amide bonds. The van der Waals surface area contributed by atoms with Crippen LogP contribution in [-0.2, 0) is 5.41 Å². The van der Waals surface area contributed by atoms with Crippen molar-refractivity contribution in [2.45, 2.75) is 91.1 Å². The molecule has 0 aliphatic heterocycles. The molecular formula is C31H38O. The van der Waals surface area contributed by atoms with Gasteiger partial charge in [-0.05, 0) is 73.2 Å². The van der Waals surface area contributed by atoms with E-state index < -0.39 is 5.60 Å². The zero-order valence-electron chi connectivity index (χ0n) is 20.7. The van der Waals surface area contributed by atoms with Gasteiger partial charge >= 0.3 is 0 Å². The Balaban J connectivity index is 2.21. The molecule has 0 heterocycles. The first-order valence-corrected chi connectivity index (χ1v) is 12.3. The summed E-state index contributed by atoms with van der Waals surface area (Å²) in [5.74, 6) is 13.3. The molecule has 1 nitrogen and oxygen atoms in total. The van der Waals surface area contributed by atoms with Gasteiger partial charge in [-0.15, -0.1) is 0 Å². The van der Waals surface area contributed by atoms with E-state index in [0.29, 0.717) is 5.92 Å². The molecule has 0 fully saturated rings. The number of rotatable bonds is 6. The Hall–Kier alpha value is -2.48. The molecule has 0 saturated carbocycles. The lowest BCUT2D eigenvalue weighted by Gasteiger charge is -2.33. The van der Waals surface area contributed by atoms with Gasteiger partial charge in [0, 0.05) is 22.5 Å². The van der Waals surface area contributed by atoms with Crippen molar-refractivity contribution in [1.82, 2.24) is 0 Å². The highest BCUT2D eigenvalue weighted by molar-refractivity contribution is 5.82. The number of hydrogen-bond acceptors (Lipinski definition) is 1. The van der Waals surface area contributed by atoms with Crippen LogP contribution in [0.1, 0.15) is 102 Å². The van der Waals surface area contributed by atoms with E-state index in [1.165, 1.54) is 47.9 Å². The molecule has 3 rings (SSSR count). The summed E-state index contributed by atoms with van der Waals surface area (Å²) < 4.78 is 0. The maximum atomic E-state index is 10.1. The predicted octanol–water partition coefficient (Wildman–Crippen LogP) is 7.46. The van der Waals surface area contributed by atoms with Gasteiger partial charge in [0.15, 0.2) is 0 Å². The number of unbranched alkanes of at least 4 members (excludes halogenated alkanes) is 2. The van der Waals surface area contributed by atoms with Crippen molar-refractivity contribution in [1.29, 1.82) is 0 Å². The van der Waals surface area contributed by atoms with Gasteiger partial charge in [-0.2, -0.15) is 0 Å². The van der Waals surface area contributed by atoms with E-state index in [-0.39, 0.29) is 5.41 Å². The highest BCUT2D eigenvalue weighted by Gasteiger charge is 2.42. The third-order valence-electron chi connectivity index (χ3n) is 6.29. The topological polar surface area (TPSA) is 20.2 Å². The second-order valence-electron chi connectivity index (χ2n) is 10.0. The molecule has 0 radical (unpaired) electrons. The van der Waals surface area contributed by atoms with Gasteiger partial charge in [0.2, 0.25) is 0 Å². The van der Waals surface area contributed by atoms with Crippen molar-refractivity contribution in [3.8, 4) is 34.8 Å². The van der Waals surface area contributed by atoms with Crippen LogP contribution in [-0.4, -0.2) is 10.7 Å². The minimum atomic E-state index is -0.993. The first-order valence-electron chi connectivity index (χ1n) is 12.3. The standard InChI is InChI=1S/C31H38O/c1-7-9-18-31(19-10-8-2)28-21-24(12-11-23(3)4)13-15-26(28)27-16-14-25(22-29(27)31)17-20-30(5,6)32/h13-16,21-23,32H,7-10,18-19H2,1-6H3. The summed E-state index contributed by atoms with van der Waals surface area (Å²) >= 11 is 0. The van der Waals surface area contributed by atoms with Crippen molar-refractivity contribution in [3.63, 3.8) is 0 Å². The number of aliphatic hydroxyl groups is 1. The molecule has 32 heavy (non-hydrogen) atoms. The summed E-state index contributed by atoms with van der Waals surface area (Å²) in [6.45, 7) is 12.3. The van der Waals surface area contributed by atoms with Gasteiger partial charge in [-0.3, -0.25) is 0 Å². The third kappa shape index (κ3) is 5.28. The van der Waals surface area contributed by atoms with E-state index >= 15 is 0 Å². The van der Waals surface area contributed by atoms with Gasteiger partial charge in [-0.1, -0.05) is 89.2 Å². The van der Waals surface area contributed by atoms with Crippen LogP contribution in [0.25, 0.3) is 11.1 Å². The Morgan fingerprint density at radius 3 is 1.78 bits per heavy atom. The zero-order chi connectivity index (χ0) is 23.4. The molecule has 0 spiro atoms. The van der Waals surface area contributed by atoms with Crippen LogP contribution >= 0.6 is 0 Å². The summed E-state index contributed by atoms with van der Waals surface area (Å²) in [7, 11) is 0. The Kier molecular flexibility index (Phi) is 7.54. The lowest BCUT2D eigenvalue weighted by Crippen LogP contribution is -2.25. The molecule has 1 aliphatic rings. The lowest BCUT2D eigenvalue weighted by atomic mass is 9.70. The van der Waals surface area contributed by atoms with Gasteiger partial charge in [0.05, 0.1) is 0 Å². The van der Waals surface area contributed by atoms with Gasteiger partial charge in [0.1, 0.15) is 5.60 Å². The van der Waals surface area contributed by atoms with Crippen LogP contribution in [0.3, 0.4) is 0 Å². The highest BCUT2D eigenvalue weighted by Crippen LogP contribution is 2.54.